The highest BCUT2D eigenvalue weighted by Gasteiger charge is 2.43. The SMILES string of the molecule is CCOC(=O)C1=C(N2CCN(C(=O)C3CSCN3)CC2)c2ccccc2N(C)[S+]1[O-]. The Morgan fingerprint density at radius 2 is 2.00 bits per heavy atom. The lowest BCUT2D eigenvalue weighted by atomic mass is 10.1. The zero-order valence-electron chi connectivity index (χ0n) is 17.1. The Morgan fingerprint density at radius 1 is 1.27 bits per heavy atom. The monoisotopic (exact) mass is 450 g/mol. The number of nitrogens with zero attached hydrogens (tertiary/aromatic N) is 3. The first-order chi connectivity index (χ1) is 14.5. The first kappa shape index (κ1) is 21.4. The minimum Gasteiger partial charge on any atom is -0.587 e. The third-order valence-corrected chi connectivity index (χ3v) is 7.86. The number of hydrogen-bond donors (Lipinski definition) is 1. The van der Waals surface area contributed by atoms with Gasteiger partial charge in [0, 0.05) is 43.4 Å². The van der Waals surface area contributed by atoms with Gasteiger partial charge >= 0.3 is 5.97 Å². The molecule has 2 saturated heterocycles. The van der Waals surface area contributed by atoms with Gasteiger partial charge in [0.1, 0.15) is 17.1 Å². The van der Waals surface area contributed by atoms with E-state index in [1.165, 1.54) is 0 Å². The van der Waals surface area contributed by atoms with Gasteiger partial charge in [-0.15, -0.1) is 11.8 Å². The summed E-state index contributed by atoms with van der Waals surface area (Å²) in [7, 11) is 1.72. The fourth-order valence-corrected chi connectivity index (χ4v) is 6.13. The largest absolute Gasteiger partial charge is 0.587 e. The molecule has 10 heteroatoms. The lowest BCUT2D eigenvalue weighted by Crippen LogP contribution is -2.53. The predicted octanol–water partition coefficient (Wildman–Crippen LogP) is 0.839. The molecule has 1 aromatic carbocycles. The normalized spacial score (nSPS) is 24.2. The van der Waals surface area contributed by atoms with Gasteiger partial charge in [-0.3, -0.25) is 10.1 Å². The van der Waals surface area contributed by atoms with E-state index < -0.39 is 17.3 Å². The highest BCUT2D eigenvalue weighted by Crippen LogP contribution is 2.41. The predicted molar refractivity (Wildman–Crippen MR) is 119 cm³/mol. The van der Waals surface area contributed by atoms with Crippen LogP contribution in [-0.2, 0) is 25.7 Å². The second kappa shape index (κ2) is 9.09. The highest BCUT2D eigenvalue weighted by molar-refractivity contribution is 7.99. The Hall–Kier alpha value is -1.88. The summed E-state index contributed by atoms with van der Waals surface area (Å²) in [6.45, 7) is 4.21. The minimum atomic E-state index is -1.66. The summed E-state index contributed by atoms with van der Waals surface area (Å²) in [6, 6.07) is 7.52. The van der Waals surface area contributed by atoms with Crippen LogP contribution >= 0.6 is 11.8 Å². The molecule has 1 aromatic rings. The fourth-order valence-electron chi connectivity index (χ4n) is 3.98. The van der Waals surface area contributed by atoms with Crippen molar-refractivity contribution in [3.05, 3.63) is 34.7 Å². The topological polar surface area (TPSA) is 88.2 Å². The summed E-state index contributed by atoms with van der Waals surface area (Å²) in [5.74, 6) is 1.18. The third kappa shape index (κ3) is 3.89. The average Bonchev–Trinajstić information content (AvgIpc) is 3.31. The van der Waals surface area contributed by atoms with Crippen LogP contribution in [0.4, 0.5) is 5.69 Å². The Morgan fingerprint density at radius 3 is 2.67 bits per heavy atom. The number of rotatable bonds is 4. The van der Waals surface area contributed by atoms with E-state index >= 15 is 0 Å². The molecule has 0 aliphatic carbocycles. The van der Waals surface area contributed by atoms with Crippen molar-refractivity contribution in [2.45, 2.75) is 13.0 Å². The van der Waals surface area contributed by atoms with Crippen LogP contribution in [0.3, 0.4) is 0 Å². The van der Waals surface area contributed by atoms with Crippen LogP contribution in [0, 0.1) is 0 Å². The molecule has 4 rings (SSSR count). The highest BCUT2D eigenvalue weighted by atomic mass is 32.2. The maximum atomic E-state index is 13.2. The average molecular weight is 451 g/mol. The zero-order valence-corrected chi connectivity index (χ0v) is 18.8. The molecule has 0 saturated carbocycles. The van der Waals surface area contributed by atoms with E-state index in [2.05, 4.69) is 10.2 Å². The molecule has 2 atom stereocenters. The van der Waals surface area contributed by atoms with Crippen molar-refractivity contribution >= 4 is 46.4 Å². The number of hydrogen-bond acceptors (Lipinski definition) is 8. The van der Waals surface area contributed by atoms with Crippen molar-refractivity contribution in [2.24, 2.45) is 0 Å². The first-order valence-electron chi connectivity index (χ1n) is 10.0. The summed E-state index contributed by atoms with van der Waals surface area (Å²) in [6.07, 6.45) is 0. The quantitative estimate of drug-likeness (QED) is 0.533. The van der Waals surface area contributed by atoms with E-state index in [4.69, 9.17) is 4.74 Å². The van der Waals surface area contributed by atoms with Gasteiger partial charge in [0.2, 0.25) is 5.91 Å². The van der Waals surface area contributed by atoms with Gasteiger partial charge in [0.05, 0.1) is 25.4 Å². The maximum Gasteiger partial charge on any atom is 0.391 e. The fraction of sp³-hybridized carbons (Fsp3) is 0.500. The molecule has 0 bridgehead atoms. The van der Waals surface area contributed by atoms with E-state index in [1.807, 2.05) is 29.2 Å². The number of thioether (sulfide) groups is 1. The van der Waals surface area contributed by atoms with Crippen LogP contribution in [0.2, 0.25) is 0 Å². The number of carbonyl (C=O) groups excluding carboxylic acids is 2. The van der Waals surface area contributed by atoms with E-state index in [0.29, 0.717) is 31.9 Å². The van der Waals surface area contributed by atoms with Crippen molar-refractivity contribution in [1.29, 1.82) is 0 Å². The van der Waals surface area contributed by atoms with Crippen LogP contribution in [-0.4, -0.2) is 83.7 Å². The zero-order chi connectivity index (χ0) is 21.3. The van der Waals surface area contributed by atoms with E-state index in [-0.39, 0.29) is 23.5 Å². The molecule has 3 aliphatic heterocycles. The second-order valence-corrected chi connectivity index (χ2v) is 9.73. The second-order valence-electron chi connectivity index (χ2n) is 7.25. The maximum absolute atomic E-state index is 13.2. The summed E-state index contributed by atoms with van der Waals surface area (Å²) >= 11 is 0.0688. The van der Waals surface area contributed by atoms with Crippen LogP contribution in [0.25, 0.3) is 5.70 Å². The van der Waals surface area contributed by atoms with Gasteiger partial charge in [-0.1, -0.05) is 18.2 Å². The summed E-state index contributed by atoms with van der Waals surface area (Å²) < 4.78 is 20.0. The van der Waals surface area contributed by atoms with Crippen molar-refractivity contribution in [3.63, 3.8) is 0 Å². The van der Waals surface area contributed by atoms with Crippen LogP contribution < -0.4 is 9.62 Å². The summed E-state index contributed by atoms with van der Waals surface area (Å²) in [5.41, 5.74) is 2.32. The standard InChI is InChI=1S/C20H26N4O4S2/c1-3-28-20(26)18-17(14-6-4-5-7-16(14)22(2)30(18)27)23-8-10-24(11-9-23)19(25)15-12-29-13-21-15/h4-7,15,21H,3,8-13H2,1-2H3. The number of benzene rings is 1. The molecule has 0 aromatic heterocycles. The Kier molecular flexibility index (Phi) is 6.47. The molecule has 1 N–H and O–H groups in total. The third-order valence-electron chi connectivity index (χ3n) is 5.52. The van der Waals surface area contributed by atoms with Crippen molar-refractivity contribution in [1.82, 2.24) is 15.1 Å². The van der Waals surface area contributed by atoms with Gasteiger partial charge in [0.15, 0.2) is 0 Å². The molecule has 0 radical (unpaired) electrons. The number of piperazine rings is 1. The lowest BCUT2D eigenvalue weighted by molar-refractivity contribution is -0.138. The van der Waals surface area contributed by atoms with Gasteiger partial charge in [0.25, 0.3) is 4.91 Å². The Labute approximate surface area is 183 Å². The van der Waals surface area contributed by atoms with E-state index in [0.717, 1.165) is 22.9 Å². The van der Waals surface area contributed by atoms with Crippen molar-refractivity contribution in [2.75, 3.05) is 55.8 Å². The molecule has 2 unspecified atom stereocenters. The van der Waals surface area contributed by atoms with Crippen LogP contribution in [0.5, 0.6) is 0 Å². The number of para-hydroxylation sites is 1. The first-order valence-corrected chi connectivity index (χ1v) is 12.3. The van der Waals surface area contributed by atoms with Gasteiger partial charge in [-0.05, 0) is 13.0 Å². The molecular formula is C20H26N4O4S2. The summed E-state index contributed by atoms with van der Waals surface area (Å²) in [5, 5.41) is 3.23. The number of fused-ring (bicyclic) bond motifs is 1. The molecule has 2 fully saturated rings. The molecule has 0 spiro atoms. The minimum absolute atomic E-state index is 0.118. The Balaban J connectivity index is 1.62. The molecule has 1 amide bonds. The molecule has 3 heterocycles. The van der Waals surface area contributed by atoms with Crippen molar-refractivity contribution in [3.8, 4) is 0 Å². The molecule has 30 heavy (non-hydrogen) atoms. The summed E-state index contributed by atoms with van der Waals surface area (Å²) in [4.78, 5) is 29.6. The number of esters is 1. The number of ether oxygens (including phenoxy) is 1. The van der Waals surface area contributed by atoms with E-state index in [1.54, 1.807) is 30.0 Å². The van der Waals surface area contributed by atoms with Gasteiger partial charge < -0.3 is 19.1 Å². The molecule has 162 valence electrons. The van der Waals surface area contributed by atoms with Gasteiger partial charge in [-0.25, -0.2) is 4.79 Å². The number of nitrogens with one attached hydrogen (secondary N) is 1. The molecule has 3 aliphatic rings. The number of amides is 1. The van der Waals surface area contributed by atoms with E-state index in [9.17, 15) is 14.1 Å². The lowest BCUT2D eigenvalue weighted by Gasteiger charge is -2.40. The van der Waals surface area contributed by atoms with Crippen LogP contribution in [0.15, 0.2) is 29.2 Å². The number of carbonyl (C=O) groups is 2. The molecular weight excluding hydrogens is 424 g/mol. The van der Waals surface area contributed by atoms with Gasteiger partial charge in [-0.2, -0.15) is 4.31 Å². The molecule has 8 nitrogen and oxygen atoms in total. The number of anilines is 1. The smallest absolute Gasteiger partial charge is 0.391 e. The van der Waals surface area contributed by atoms with Crippen molar-refractivity contribution < 1.29 is 18.9 Å². The Bertz CT molecular complexity index is 851. The van der Waals surface area contributed by atoms with Crippen LogP contribution in [0.1, 0.15) is 12.5 Å².